The van der Waals surface area contributed by atoms with Gasteiger partial charge in [0.1, 0.15) is 11.6 Å². The van der Waals surface area contributed by atoms with Gasteiger partial charge < -0.3 is 15.2 Å². The second kappa shape index (κ2) is 9.31. The van der Waals surface area contributed by atoms with Crippen LogP contribution in [0.3, 0.4) is 0 Å². The van der Waals surface area contributed by atoms with Crippen molar-refractivity contribution >= 4 is 5.91 Å². The minimum absolute atomic E-state index is 0.0454. The molecule has 1 aromatic carbocycles. The number of aliphatic hydroxyl groups excluding tert-OH is 1. The molecule has 0 saturated carbocycles. The Morgan fingerprint density at radius 2 is 2.10 bits per heavy atom. The number of hydrogen-bond acceptors (Lipinski definition) is 3. The maximum Gasteiger partial charge on any atom is 0.220 e. The van der Waals surface area contributed by atoms with Crippen molar-refractivity contribution in [3.05, 3.63) is 30.1 Å². The summed E-state index contributed by atoms with van der Waals surface area (Å²) in [5.74, 6) is 0.250. The Hall–Kier alpha value is -1.62. The summed E-state index contributed by atoms with van der Waals surface area (Å²) in [4.78, 5) is 11.5. The van der Waals surface area contributed by atoms with E-state index < -0.39 is 0 Å². The zero-order valence-electron chi connectivity index (χ0n) is 11.8. The number of amides is 1. The molecule has 0 aromatic heterocycles. The van der Waals surface area contributed by atoms with Crippen molar-refractivity contribution in [1.82, 2.24) is 5.32 Å². The van der Waals surface area contributed by atoms with E-state index in [1.807, 2.05) is 6.92 Å². The van der Waals surface area contributed by atoms with Gasteiger partial charge in [-0.1, -0.05) is 6.92 Å². The summed E-state index contributed by atoms with van der Waals surface area (Å²) in [6.45, 7) is 2.81. The van der Waals surface area contributed by atoms with Gasteiger partial charge in [0.15, 0.2) is 0 Å². The van der Waals surface area contributed by atoms with Crippen molar-refractivity contribution in [3.63, 3.8) is 0 Å². The van der Waals surface area contributed by atoms with Gasteiger partial charge >= 0.3 is 0 Å². The molecule has 0 aliphatic carbocycles. The molecule has 0 bridgehead atoms. The number of rotatable bonds is 9. The lowest BCUT2D eigenvalue weighted by molar-refractivity contribution is -0.121. The van der Waals surface area contributed by atoms with Crippen LogP contribution in [0.5, 0.6) is 5.75 Å². The molecule has 0 radical (unpaired) electrons. The summed E-state index contributed by atoms with van der Waals surface area (Å²) in [6, 6.07) is 5.78. The maximum atomic E-state index is 12.7. The van der Waals surface area contributed by atoms with Gasteiger partial charge in [-0.05, 0) is 43.5 Å². The summed E-state index contributed by atoms with van der Waals surface area (Å²) in [5, 5.41) is 12.1. The normalized spacial score (nSPS) is 11.9. The number of carbonyl (C=O) groups excluding carboxylic acids is 1. The van der Waals surface area contributed by atoms with Crippen LogP contribution in [0.2, 0.25) is 0 Å². The summed E-state index contributed by atoms with van der Waals surface area (Å²) < 4.78 is 18.0. The van der Waals surface area contributed by atoms with Crippen LogP contribution in [-0.2, 0) is 4.79 Å². The summed E-state index contributed by atoms with van der Waals surface area (Å²) in [6.07, 6.45) is 1.90. The van der Waals surface area contributed by atoms with Gasteiger partial charge in [0, 0.05) is 13.0 Å². The fourth-order valence-electron chi connectivity index (χ4n) is 1.62. The minimum Gasteiger partial charge on any atom is -0.494 e. The first-order valence-corrected chi connectivity index (χ1v) is 6.95. The lowest BCUT2D eigenvalue weighted by Gasteiger charge is -2.09. The standard InChI is InChI=1S/C15H22FNO3/c1-2-13(18)9-10-17-15(19)4-3-11-20-14-7-5-12(16)6-8-14/h5-8,13,18H,2-4,9-11H2,1H3,(H,17,19). The van der Waals surface area contributed by atoms with E-state index in [2.05, 4.69) is 5.32 Å². The molecule has 1 rings (SSSR count). The molecule has 1 aromatic rings. The number of benzene rings is 1. The van der Waals surface area contributed by atoms with Crippen LogP contribution in [-0.4, -0.2) is 30.3 Å². The molecule has 1 atom stereocenters. The number of aliphatic hydroxyl groups is 1. The Balaban J connectivity index is 2.05. The molecule has 0 heterocycles. The maximum absolute atomic E-state index is 12.7. The monoisotopic (exact) mass is 283 g/mol. The molecule has 0 fully saturated rings. The van der Waals surface area contributed by atoms with Crippen molar-refractivity contribution in [2.24, 2.45) is 0 Å². The van der Waals surface area contributed by atoms with Crippen molar-refractivity contribution in [1.29, 1.82) is 0 Å². The number of hydrogen-bond donors (Lipinski definition) is 2. The van der Waals surface area contributed by atoms with Crippen LogP contribution in [0.4, 0.5) is 4.39 Å². The van der Waals surface area contributed by atoms with Crippen molar-refractivity contribution in [3.8, 4) is 5.75 Å². The molecule has 4 nitrogen and oxygen atoms in total. The molecule has 0 saturated heterocycles. The van der Waals surface area contributed by atoms with Gasteiger partial charge in [-0.25, -0.2) is 4.39 Å². The van der Waals surface area contributed by atoms with Gasteiger partial charge in [-0.15, -0.1) is 0 Å². The molecule has 0 aliphatic rings. The second-order valence-corrected chi connectivity index (χ2v) is 4.61. The van der Waals surface area contributed by atoms with Gasteiger partial charge in [0.05, 0.1) is 12.7 Å². The third-order valence-electron chi connectivity index (χ3n) is 2.90. The van der Waals surface area contributed by atoms with Crippen LogP contribution in [0, 0.1) is 5.82 Å². The van der Waals surface area contributed by atoms with Crippen LogP contribution in [0.25, 0.3) is 0 Å². The first-order valence-electron chi connectivity index (χ1n) is 6.95. The smallest absolute Gasteiger partial charge is 0.220 e. The summed E-state index contributed by atoms with van der Waals surface area (Å²) in [5.41, 5.74) is 0. The number of halogens is 1. The number of carbonyl (C=O) groups is 1. The molecule has 112 valence electrons. The van der Waals surface area contributed by atoms with Crippen LogP contribution < -0.4 is 10.1 Å². The molecule has 1 amide bonds. The Labute approximate surface area is 119 Å². The highest BCUT2D eigenvalue weighted by Crippen LogP contribution is 2.11. The quantitative estimate of drug-likeness (QED) is 0.683. The fourth-order valence-corrected chi connectivity index (χ4v) is 1.62. The first-order chi connectivity index (χ1) is 9.61. The zero-order valence-corrected chi connectivity index (χ0v) is 11.8. The molecule has 0 aliphatic heterocycles. The zero-order chi connectivity index (χ0) is 14.8. The third kappa shape index (κ3) is 7.09. The predicted octanol–water partition coefficient (Wildman–Crippen LogP) is 2.26. The average Bonchev–Trinajstić information content (AvgIpc) is 2.45. The van der Waals surface area contributed by atoms with Gasteiger partial charge in [-0.2, -0.15) is 0 Å². The SMILES string of the molecule is CCC(O)CCNC(=O)CCCOc1ccc(F)cc1. The van der Waals surface area contributed by atoms with Gasteiger partial charge in [0.25, 0.3) is 0 Å². The van der Waals surface area contributed by atoms with E-state index >= 15 is 0 Å². The van der Waals surface area contributed by atoms with E-state index in [0.717, 1.165) is 0 Å². The highest BCUT2D eigenvalue weighted by atomic mass is 19.1. The topological polar surface area (TPSA) is 58.6 Å². The highest BCUT2D eigenvalue weighted by Gasteiger charge is 2.04. The first kappa shape index (κ1) is 16.4. The van der Waals surface area contributed by atoms with Gasteiger partial charge in [0.2, 0.25) is 5.91 Å². The molecular weight excluding hydrogens is 261 g/mol. The molecular formula is C15H22FNO3. The number of nitrogens with one attached hydrogen (secondary N) is 1. The molecule has 20 heavy (non-hydrogen) atoms. The van der Waals surface area contributed by atoms with E-state index in [1.54, 1.807) is 12.1 Å². The second-order valence-electron chi connectivity index (χ2n) is 4.61. The fraction of sp³-hybridized carbons (Fsp3) is 0.533. The molecule has 2 N–H and O–H groups in total. The van der Waals surface area contributed by atoms with Crippen molar-refractivity contribution in [2.75, 3.05) is 13.2 Å². The average molecular weight is 283 g/mol. The van der Waals surface area contributed by atoms with Crippen molar-refractivity contribution in [2.45, 2.75) is 38.7 Å². The Morgan fingerprint density at radius 3 is 2.75 bits per heavy atom. The van der Waals surface area contributed by atoms with Gasteiger partial charge in [-0.3, -0.25) is 4.79 Å². The number of ether oxygens (including phenoxy) is 1. The van der Waals surface area contributed by atoms with E-state index in [-0.39, 0.29) is 17.8 Å². The van der Waals surface area contributed by atoms with E-state index in [1.165, 1.54) is 12.1 Å². The Bertz CT molecular complexity index is 395. The van der Waals surface area contributed by atoms with E-state index in [4.69, 9.17) is 4.74 Å². The van der Waals surface area contributed by atoms with E-state index in [0.29, 0.717) is 44.6 Å². The molecule has 1 unspecified atom stereocenters. The van der Waals surface area contributed by atoms with E-state index in [9.17, 15) is 14.3 Å². The van der Waals surface area contributed by atoms with Crippen LogP contribution in [0.1, 0.15) is 32.6 Å². The lowest BCUT2D eigenvalue weighted by Crippen LogP contribution is -2.27. The molecule has 5 heteroatoms. The third-order valence-corrected chi connectivity index (χ3v) is 2.90. The lowest BCUT2D eigenvalue weighted by atomic mass is 10.2. The van der Waals surface area contributed by atoms with Crippen LogP contribution in [0.15, 0.2) is 24.3 Å². The Kier molecular flexibility index (Phi) is 7.65. The minimum atomic E-state index is -0.350. The Morgan fingerprint density at radius 1 is 1.40 bits per heavy atom. The van der Waals surface area contributed by atoms with Crippen LogP contribution >= 0.6 is 0 Å². The largest absolute Gasteiger partial charge is 0.494 e. The highest BCUT2D eigenvalue weighted by molar-refractivity contribution is 5.75. The summed E-state index contributed by atoms with van der Waals surface area (Å²) in [7, 11) is 0. The molecule has 0 spiro atoms. The van der Waals surface area contributed by atoms with Crippen molar-refractivity contribution < 1.29 is 19.0 Å². The summed E-state index contributed by atoms with van der Waals surface area (Å²) >= 11 is 0. The predicted molar refractivity (Wildman–Crippen MR) is 75.1 cm³/mol.